The number of hydrogen-bond acceptors (Lipinski definition) is 5. The molecule has 152 valence electrons. The van der Waals surface area contributed by atoms with Crippen molar-refractivity contribution in [1.29, 1.82) is 0 Å². The molecule has 3 rings (SSSR count). The van der Waals surface area contributed by atoms with Crippen LogP contribution in [0.3, 0.4) is 0 Å². The van der Waals surface area contributed by atoms with E-state index in [2.05, 4.69) is 0 Å². The maximum atomic E-state index is 12.9. The number of Topliss-reactive ketones (excluding diaryl/α,β-unsaturated/α-hetero) is 1. The number of ether oxygens (including phenoxy) is 1. The Morgan fingerprint density at radius 3 is 2.48 bits per heavy atom. The van der Waals surface area contributed by atoms with E-state index in [9.17, 15) is 14.7 Å². The number of carbonyl (C=O) groups is 2. The summed E-state index contributed by atoms with van der Waals surface area (Å²) in [5.74, 6) is -0.952. The molecule has 2 aromatic carbocycles. The van der Waals surface area contributed by atoms with Crippen molar-refractivity contribution in [2.24, 2.45) is 0 Å². The van der Waals surface area contributed by atoms with Gasteiger partial charge in [-0.2, -0.15) is 0 Å². The molecule has 0 saturated carbocycles. The van der Waals surface area contributed by atoms with Gasteiger partial charge in [0.05, 0.1) is 18.7 Å². The van der Waals surface area contributed by atoms with E-state index in [0.29, 0.717) is 35.0 Å². The third kappa shape index (κ3) is 4.28. The monoisotopic (exact) mass is 414 g/mol. The Bertz CT molecular complexity index is 954. The van der Waals surface area contributed by atoms with Crippen molar-refractivity contribution in [2.75, 3.05) is 34.3 Å². The number of hydrogen-bond donors (Lipinski definition) is 1. The van der Waals surface area contributed by atoms with Crippen LogP contribution in [0.25, 0.3) is 5.76 Å². The number of carbonyl (C=O) groups excluding carboxylic acids is 2. The number of benzene rings is 2. The molecule has 1 heterocycles. The molecule has 1 amide bonds. The second kappa shape index (κ2) is 8.68. The van der Waals surface area contributed by atoms with Crippen molar-refractivity contribution in [3.8, 4) is 5.75 Å². The predicted octanol–water partition coefficient (Wildman–Crippen LogP) is 3.33. The fourth-order valence-corrected chi connectivity index (χ4v) is 3.47. The number of rotatable bonds is 6. The normalized spacial score (nSPS) is 18.5. The lowest BCUT2D eigenvalue weighted by Gasteiger charge is -2.26. The molecule has 0 bridgehead atoms. The van der Waals surface area contributed by atoms with Crippen molar-refractivity contribution in [3.63, 3.8) is 0 Å². The highest BCUT2D eigenvalue weighted by molar-refractivity contribution is 6.46. The zero-order chi connectivity index (χ0) is 21.1. The minimum absolute atomic E-state index is 0.0596. The van der Waals surface area contributed by atoms with Gasteiger partial charge in [-0.25, -0.2) is 0 Å². The summed E-state index contributed by atoms with van der Waals surface area (Å²) in [6, 6.07) is 12.9. The molecule has 2 aromatic rings. The summed E-state index contributed by atoms with van der Waals surface area (Å²) < 4.78 is 5.31. The van der Waals surface area contributed by atoms with Crippen molar-refractivity contribution in [2.45, 2.75) is 6.04 Å². The molecule has 1 atom stereocenters. The molecule has 1 saturated heterocycles. The lowest BCUT2D eigenvalue weighted by atomic mass is 9.95. The first kappa shape index (κ1) is 20.9. The highest BCUT2D eigenvalue weighted by Gasteiger charge is 2.45. The van der Waals surface area contributed by atoms with Crippen LogP contribution in [0.5, 0.6) is 5.75 Å². The third-order valence-electron chi connectivity index (χ3n) is 4.86. The van der Waals surface area contributed by atoms with E-state index >= 15 is 0 Å². The Labute approximate surface area is 174 Å². The average Bonchev–Trinajstić information content (AvgIpc) is 2.97. The second-order valence-corrected chi connectivity index (χ2v) is 7.52. The number of likely N-dealkylation sites (N-methyl/N-ethyl adjacent to an activating group) is 1. The van der Waals surface area contributed by atoms with Crippen LogP contribution < -0.4 is 4.74 Å². The van der Waals surface area contributed by atoms with Gasteiger partial charge in [-0.15, -0.1) is 0 Å². The van der Waals surface area contributed by atoms with Crippen LogP contribution >= 0.6 is 11.6 Å². The number of amides is 1. The molecule has 1 fully saturated rings. The molecule has 6 nitrogen and oxygen atoms in total. The summed E-state index contributed by atoms with van der Waals surface area (Å²) in [5, 5.41) is 11.5. The van der Waals surface area contributed by atoms with Crippen LogP contribution in [0, 0.1) is 0 Å². The van der Waals surface area contributed by atoms with E-state index in [0.717, 1.165) is 0 Å². The zero-order valence-corrected chi connectivity index (χ0v) is 17.3. The zero-order valence-electron chi connectivity index (χ0n) is 16.6. The van der Waals surface area contributed by atoms with E-state index in [1.807, 2.05) is 25.1 Å². The first-order valence-corrected chi connectivity index (χ1v) is 9.54. The lowest BCUT2D eigenvalue weighted by molar-refractivity contribution is -0.140. The maximum absolute atomic E-state index is 12.9. The van der Waals surface area contributed by atoms with Crippen LogP contribution in [-0.4, -0.2) is 60.9 Å². The summed E-state index contributed by atoms with van der Waals surface area (Å²) >= 11 is 5.93. The van der Waals surface area contributed by atoms with Crippen LogP contribution in [0.1, 0.15) is 17.2 Å². The first-order chi connectivity index (χ1) is 13.8. The number of halogens is 1. The smallest absolute Gasteiger partial charge is 0.295 e. The molecule has 7 heteroatoms. The van der Waals surface area contributed by atoms with E-state index in [4.69, 9.17) is 16.3 Å². The van der Waals surface area contributed by atoms with Gasteiger partial charge in [0.15, 0.2) is 0 Å². The van der Waals surface area contributed by atoms with E-state index in [1.54, 1.807) is 49.6 Å². The summed E-state index contributed by atoms with van der Waals surface area (Å²) in [6.07, 6.45) is 0. The van der Waals surface area contributed by atoms with Crippen LogP contribution in [0.4, 0.5) is 0 Å². The fraction of sp³-hybridized carbons (Fsp3) is 0.273. The van der Waals surface area contributed by atoms with Gasteiger partial charge in [-0.05, 0) is 56.1 Å². The Balaban J connectivity index is 2.15. The van der Waals surface area contributed by atoms with Gasteiger partial charge in [-0.1, -0.05) is 23.7 Å². The van der Waals surface area contributed by atoms with Crippen LogP contribution in [-0.2, 0) is 9.59 Å². The lowest BCUT2D eigenvalue weighted by Crippen LogP contribution is -2.35. The summed E-state index contributed by atoms with van der Waals surface area (Å²) in [5.41, 5.74) is 1.18. The maximum Gasteiger partial charge on any atom is 0.295 e. The van der Waals surface area contributed by atoms with Gasteiger partial charge in [0.25, 0.3) is 11.7 Å². The van der Waals surface area contributed by atoms with Gasteiger partial charge >= 0.3 is 0 Å². The number of aliphatic hydroxyl groups is 1. The van der Waals surface area contributed by atoms with Gasteiger partial charge in [0, 0.05) is 23.7 Å². The first-order valence-electron chi connectivity index (χ1n) is 9.16. The molecule has 0 spiro atoms. The van der Waals surface area contributed by atoms with Gasteiger partial charge < -0.3 is 19.6 Å². The number of nitrogens with zero attached hydrogens (tertiary/aromatic N) is 2. The Kier molecular flexibility index (Phi) is 6.25. The second-order valence-electron chi connectivity index (χ2n) is 7.08. The largest absolute Gasteiger partial charge is 0.507 e. The highest BCUT2D eigenvalue weighted by Crippen LogP contribution is 2.40. The number of likely N-dealkylation sites (tertiary alicyclic amines) is 1. The van der Waals surface area contributed by atoms with E-state index in [1.165, 1.54) is 4.90 Å². The number of methoxy groups -OCH3 is 1. The van der Waals surface area contributed by atoms with Gasteiger partial charge in [0.2, 0.25) is 0 Å². The van der Waals surface area contributed by atoms with Crippen LogP contribution in [0.2, 0.25) is 5.02 Å². The summed E-state index contributed by atoms with van der Waals surface area (Å²) in [6.45, 7) is 0.922. The molecule has 1 N–H and O–H groups in total. The molecule has 1 aliphatic heterocycles. The average molecular weight is 415 g/mol. The number of aliphatic hydroxyl groups excluding tert-OH is 1. The fourth-order valence-electron chi connectivity index (χ4n) is 3.34. The molecular weight excluding hydrogens is 392 g/mol. The Morgan fingerprint density at radius 1 is 1.17 bits per heavy atom. The third-order valence-corrected chi connectivity index (χ3v) is 5.11. The molecule has 0 aromatic heterocycles. The topological polar surface area (TPSA) is 70.1 Å². The van der Waals surface area contributed by atoms with Gasteiger partial charge in [0.1, 0.15) is 11.5 Å². The standard InChI is InChI=1S/C22H23ClN2O4/c1-24(2)11-12-25-19(15-5-4-6-17(13-15)29-3)18(21(27)22(25)28)20(26)14-7-9-16(23)10-8-14/h4-10,13,19,26H,11-12H2,1-3H3/b20-18+/t19-/m0/s1. The Morgan fingerprint density at radius 2 is 1.86 bits per heavy atom. The van der Waals surface area contributed by atoms with E-state index in [-0.39, 0.29) is 11.3 Å². The molecule has 0 aliphatic carbocycles. The summed E-state index contributed by atoms with van der Waals surface area (Å²) in [7, 11) is 5.34. The minimum Gasteiger partial charge on any atom is -0.507 e. The highest BCUT2D eigenvalue weighted by atomic mass is 35.5. The quantitative estimate of drug-likeness (QED) is 0.446. The van der Waals surface area contributed by atoms with E-state index < -0.39 is 17.7 Å². The molecule has 1 aliphatic rings. The van der Waals surface area contributed by atoms with Crippen molar-refractivity contribution in [1.82, 2.24) is 9.80 Å². The van der Waals surface area contributed by atoms with Crippen molar-refractivity contribution < 1.29 is 19.4 Å². The molecule has 0 radical (unpaired) electrons. The summed E-state index contributed by atoms with van der Waals surface area (Å²) in [4.78, 5) is 29.1. The molecule has 0 unspecified atom stereocenters. The Hall–Kier alpha value is -2.83. The SMILES string of the molecule is COc1cccc([C@H]2/C(=C(\O)c3ccc(Cl)cc3)C(=O)C(=O)N2CCN(C)C)c1. The van der Waals surface area contributed by atoms with Gasteiger partial charge in [-0.3, -0.25) is 9.59 Å². The molecule has 29 heavy (non-hydrogen) atoms. The van der Waals surface area contributed by atoms with Crippen molar-refractivity contribution >= 4 is 29.1 Å². The minimum atomic E-state index is -0.708. The molecular formula is C22H23ClN2O4. The van der Waals surface area contributed by atoms with Crippen molar-refractivity contribution in [3.05, 3.63) is 70.3 Å². The number of ketones is 1. The predicted molar refractivity (Wildman–Crippen MR) is 112 cm³/mol. The van der Waals surface area contributed by atoms with Crippen LogP contribution in [0.15, 0.2) is 54.1 Å².